The predicted octanol–water partition coefficient (Wildman–Crippen LogP) is 0.391. The van der Waals surface area contributed by atoms with Gasteiger partial charge in [-0.05, 0) is 20.3 Å². The van der Waals surface area contributed by atoms with E-state index in [0.717, 1.165) is 16.1 Å². The monoisotopic (exact) mass is 305 g/mol. The van der Waals surface area contributed by atoms with Crippen molar-refractivity contribution in [1.29, 1.82) is 0 Å². The SMILES string of the molecule is Cc1cnc(C(C)NC(=O)C(N)CCS(C)(=O)=O)s1. The minimum absolute atomic E-state index is 0.0909. The van der Waals surface area contributed by atoms with Crippen molar-refractivity contribution in [3.8, 4) is 0 Å². The Hall–Kier alpha value is -0.990. The van der Waals surface area contributed by atoms with Crippen molar-refractivity contribution >= 4 is 27.1 Å². The van der Waals surface area contributed by atoms with Crippen LogP contribution in [0.3, 0.4) is 0 Å². The number of thiazole rings is 1. The Balaban J connectivity index is 2.50. The number of carbonyl (C=O) groups is 1. The largest absolute Gasteiger partial charge is 0.346 e. The molecule has 1 aromatic heterocycles. The number of aromatic nitrogens is 1. The molecule has 0 saturated carbocycles. The zero-order valence-electron chi connectivity index (χ0n) is 11.2. The van der Waals surface area contributed by atoms with Gasteiger partial charge in [-0.1, -0.05) is 0 Å². The van der Waals surface area contributed by atoms with Crippen LogP contribution in [0.2, 0.25) is 0 Å². The Bertz CT molecular complexity index is 539. The highest BCUT2D eigenvalue weighted by Gasteiger charge is 2.19. The van der Waals surface area contributed by atoms with Gasteiger partial charge in [-0.3, -0.25) is 4.79 Å². The third-order valence-electron chi connectivity index (χ3n) is 2.50. The van der Waals surface area contributed by atoms with Crippen LogP contribution in [0, 0.1) is 6.92 Å². The lowest BCUT2D eigenvalue weighted by molar-refractivity contribution is -0.123. The van der Waals surface area contributed by atoms with Crippen LogP contribution in [-0.2, 0) is 14.6 Å². The summed E-state index contributed by atoms with van der Waals surface area (Å²) in [6.45, 7) is 3.76. The fourth-order valence-corrected chi connectivity index (χ4v) is 2.89. The first-order chi connectivity index (χ1) is 8.69. The van der Waals surface area contributed by atoms with Crippen molar-refractivity contribution in [2.45, 2.75) is 32.4 Å². The van der Waals surface area contributed by atoms with Gasteiger partial charge >= 0.3 is 0 Å². The smallest absolute Gasteiger partial charge is 0.237 e. The van der Waals surface area contributed by atoms with E-state index in [2.05, 4.69) is 10.3 Å². The molecule has 19 heavy (non-hydrogen) atoms. The molecule has 6 nitrogen and oxygen atoms in total. The Morgan fingerprint density at radius 1 is 1.58 bits per heavy atom. The standard InChI is InChI=1S/C11H19N3O3S2/c1-7-6-13-11(18-7)8(2)14-10(15)9(12)4-5-19(3,16)17/h6,8-9H,4-5,12H2,1-3H3,(H,14,15). The highest BCUT2D eigenvalue weighted by molar-refractivity contribution is 7.90. The molecule has 0 saturated heterocycles. The summed E-state index contributed by atoms with van der Waals surface area (Å²) in [4.78, 5) is 17.0. The fourth-order valence-electron chi connectivity index (χ4n) is 1.43. The van der Waals surface area contributed by atoms with E-state index in [1.807, 2.05) is 13.8 Å². The van der Waals surface area contributed by atoms with Gasteiger partial charge in [0, 0.05) is 17.3 Å². The zero-order chi connectivity index (χ0) is 14.6. The van der Waals surface area contributed by atoms with E-state index >= 15 is 0 Å². The number of nitrogens with one attached hydrogen (secondary N) is 1. The molecule has 1 heterocycles. The molecule has 0 aliphatic rings. The maximum absolute atomic E-state index is 11.8. The van der Waals surface area contributed by atoms with Crippen LogP contribution in [0.5, 0.6) is 0 Å². The quantitative estimate of drug-likeness (QED) is 0.791. The molecule has 2 atom stereocenters. The molecule has 0 spiro atoms. The van der Waals surface area contributed by atoms with E-state index in [-0.39, 0.29) is 24.1 Å². The second-order valence-corrected chi connectivity index (χ2v) is 8.09. The van der Waals surface area contributed by atoms with Gasteiger partial charge in [-0.2, -0.15) is 0 Å². The zero-order valence-corrected chi connectivity index (χ0v) is 12.8. The summed E-state index contributed by atoms with van der Waals surface area (Å²) >= 11 is 1.50. The van der Waals surface area contributed by atoms with E-state index < -0.39 is 15.9 Å². The van der Waals surface area contributed by atoms with Crippen molar-refractivity contribution in [1.82, 2.24) is 10.3 Å². The van der Waals surface area contributed by atoms with Crippen LogP contribution in [0.1, 0.15) is 29.3 Å². The number of nitrogens with zero attached hydrogens (tertiary/aromatic N) is 1. The Morgan fingerprint density at radius 3 is 2.68 bits per heavy atom. The lowest BCUT2D eigenvalue weighted by atomic mass is 10.2. The average molecular weight is 305 g/mol. The van der Waals surface area contributed by atoms with E-state index in [0.29, 0.717) is 0 Å². The summed E-state index contributed by atoms with van der Waals surface area (Å²) in [5.41, 5.74) is 5.66. The average Bonchev–Trinajstić information content (AvgIpc) is 2.71. The van der Waals surface area contributed by atoms with Gasteiger partial charge in [0.15, 0.2) is 0 Å². The minimum Gasteiger partial charge on any atom is -0.346 e. The van der Waals surface area contributed by atoms with Crippen molar-refractivity contribution in [3.05, 3.63) is 16.1 Å². The molecule has 3 N–H and O–H groups in total. The molecular weight excluding hydrogens is 286 g/mol. The summed E-state index contributed by atoms with van der Waals surface area (Å²) in [7, 11) is -3.10. The second-order valence-electron chi connectivity index (χ2n) is 4.56. The number of rotatable bonds is 6. The molecule has 1 amide bonds. The summed E-state index contributed by atoms with van der Waals surface area (Å²) in [6.07, 6.45) is 2.99. The van der Waals surface area contributed by atoms with Gasteiger partial charge < -0.3 is 11.1 Å². The number of aryl methyl sites for hydroxylation is 1. The molecule has 2 unspecified atom stereocenters. The minimum atomic E-state index is -3.10. The highest BCUT2D eigenvalue weighted by Crippen LogP contribution is 2.18. The Kier molecular flexibility index (Phi) is 5.45. The highest BCUT2D eigenvalue weighted by atomic mass is 32.2. The molecule has 108 valence electrons. The first kappa shape index (κ1) is 16.1. The Labute approximate surface area is 117 Å². The maximum atomic E-state index is 11.8. The molecule has 0 aliphatic carbocycles. The second kappa shape index (κ2) is 6.44. The molecule has 8 heteroatoms. The van der Waals surface area contributed by atoms with Gasteiger partial charge in [0.25, 0.3) is 0 Å². The lowest BCUT2D eigenvalue weighted by Gasteiger charge is -2.15. The van der Waals surface area contributed by atoms with Crippen LogP contribution in [0.15, 0.2) is 6.20 Å². The molecule has 0 fully saturated rings. The predicted molar refractivity (Wildman–Crippen MR) is 75.7 cm³/mol. The molecule has 0 bridgehead atoms. The summed E-state index contributed by atoms with van der Waals surface area (Å²) in [6, 6.07) is -1.05. The van der Waals surface area contributed by atoms with E-state index in [4.69, 9.17) is 5.73 Å². The molecular formula is C11H19N3O3S2. The number of amides is 1. The first-order valence-electron chi connectivity index (χ1n) is 5.85. The number of nitrogens with two attached hydrogens (primary N) is 1. The van der Waals surface area contributed by atoms with Crippen LogP contribution >= 0.6 is 11.3 Å². The van der Waals surface area contributed by atoms with Crippen molar-refractivity contribution < 1.29 is 13.2 Å². The molecule has 0 aromatic carbocycles. The lowest BCUT2D eigenvalue weighted by Crippen LogP contribution is -2.42. The number of hydrogen-bond acceptors (Lipinski definition) is 6. The van der Waals surface area contributed by atoms with E-state index in [1.165, 1.54) is 11.3 Å². The van der Waals surface area contributed by atoms with Gasteiger partial charge in [0.05, 0.1) is 17.8 Å². The van der Waals surface area contributed by atoms with Gasteiger partial charge in [-0.25, -0.2) is 13.4 Å². The number of hydrogen-bond donors (Lipinski definition) is 2. The van der Waals surface area contributed by atoms with Crippen LogP contribution in [0.25, 0.3) is 0 Å². The maximum Gasteiger partial charge on any atom is 0.237 e. The van der Waals surface area contributed by atoms with Crippen LogP contribution in [-0.4, -0.2) is 37.4 Å². The first-order valence-corrected chi connectivity index (χ1v) is 8.73. The Morgan fingerprint density at radius 2 is 2.21 bits per heavy atom. The third-order valence-corrected chi connectivity index (χ3v) is 4.58. The van der Waals surface area contributed by atoms with E-state index in [1.54, 1.807) is 6.20 Å². The van der Waals surface area contributed by atoms with Crippen molar-refractivity contribution in [3.63, 3.8) is 0 Å². The third kappa shape index (κ3) is 5.66. The van der Waals surface area contributed by atoms with Crippen molar-refractivity contribution in [2.24, 2.45) is 5.73 Å². The van der Waals surface area contributed by atoms with Gasteiger partial charge in [0.1, 0.15) is 14.8 Å². The molecule has 0 aliphatic heterocycles. The van der Waals surface area contributed by atoms with Gasteiger partial charge in [0.2, 0.25) is 5.91 Å². The fraction of sp³-hybridized carbons (Fsp3) is 0.636. The number of sulfone groups is 1. The van der Waals surface area contributed by atoms with Crippen LogP contribution in [0.4, 0.5) is 0 Å². The molecule has 1 rings (SSSR count). The summed E-state index contributed by atoms with van der Waals surface area (Å²) in [5.74, 6) is -0.448. The summed E-state index contributed by atoms with van der Waals surface area (Å²) in [5, 5.41) is 3.54. The van der Waals surface area contributed by atoms with E-state index in [9.17, 15) is 13.2 Å². The normalized spacial score (nSPS) is 14.9. The van der Waals surface area contributed by atoms with Crippen molar-refractivity contribution in [2.75, 3.05) is 12.0 Å². The molecule has 0 radical (unpaired) electrons. The number of carbonyl (C=O) groups excluding carboxylic acids is 1. The van der Waals surface area contributed by atoms with Gasteiger partial charge in [-0.15, -0.1) is 11.3 Å². The topological polar surface area (TPSA) is 102 Å². The molecule has 1 aromatic rings. The van der Waals surface area contributed by atoms with Crippen LogP contribution < -0.4 is 11.1 Å². The summed E-state index contributed by atoms with van der Waals surface area (Å²) < 4.78 is 22.0.